The van der Waals surface area contributed by atoms with Crippen molar-refractivity contribution in [3.8, 4) is 22.3 Å². The maximum Gasteiger partial charge on any atom is 0.0751 e. The third-order valence-corrected chi connectivity index (χ3v) is 13.4. The first kappa shape index (κ1) is 37.6. The Morgan fingerprint density at radius 1 is 0.633 bits per heavy atom. The molecule has 1 spiro atoms. The largest absolute Gasteiger partial charge is 0.309 e. The van der Waals surface area contributed by atoms with Crippen molar-refractivity contribution in [2.75, 3.05) is 0 Å². The number of hydrogen-bond donors (Lipinski definition) is 0. The zero-order valence-electron chi connectivity index (χ0n) is 35.4. The highest BCUT2D eigenvalue weighted by atomic mass is 15.0. The molecule has 10 rings (SSSR count). The standard InChI is InChI=1S/C59H51N/c1-6-39(4)50(36-45(42-23-13-10-14-24-42)35-40(5)41-21-11-9-12-22-41)44-33-31-43(32-34-44)46-37-51-49-27-17-20-30-57(49)60-56(8-3)52(7-2)59(55(38-46)58(51)60)53-28-18-15-25-47(53)48-26-16-19-29-54(48)59/h7-8,10-11,13-38H,6,9,12H2,1-5H3/b40-35+,45-36+,50-39+,52-7+,56-8+. The van der Waals surface area contributed by atoms with Gasteiger partial charge in [0.05, 0.1) is 16.4 Å². The summed E-state index contributed by atoms with van der Waals surface area (Å²) in [6.07, 6.45) is 19.6. The van der Waals surface area contributed by atoms with E-state index in [2.05, 4.69) is 221 Å². The van der Waals surface area contributed by atoms with Crippen LogP contribution >= 0.6 is 0 Å². The van der Waals surface area contributed by atoms with Gasteiger partial charge in [0, 0.05) is 16.5 Å². The highest BCUT2D eigenvalue weighted by molar-refractivity contribution is 6.16. The number of allylic oxidation sites excluding steroid dienone is 14. The van der Waals surface area contributed by atoms with Crippen molar-refractivity contribution in [3.63, 3.8) is 0 Å². The van der Waals surface area contributed by atoms with Crippen molar-refractivity contribution in [1.82, 2.24) is 4.57 Å². The van der Waals surface area contributed by atoms with Gasteiger partial charge in [0.15, 0.2) is 0 Å². The van der Waals surface area contributed by atoms with Gasteiger partial charge in [0.25, 0.3) is 0 Å². The SMILES string of the molecule is C/C=C1\C(=C/C)n2c3ccccc3c3cc(-c4ccc(C(/C=C(\C=C(/C)C5=CCCC=C5)c5ccccc5)=C(\C)CC)cc4)cc(c32)C12c1ccccc1-c1ccccc12. The van der Waals surface area contributed by atoms with Gasteiger partial charge in [-0.2, -0.15) is 0 Å². The van der Waals surface area contributed by atoms with E-state index in [4.69, 9.17) is 0 Å². The quantitative estimate of drug-likeness (QED) is 0.142. The molecule has 0 amide bonds. The molecule has 7 aromatic rings. The summed E-state index contributed by atoms with van der Waals surface area (Å²) >= 11 is 0. The fraction of sp³-hybridized carbons (Fsp3) is 0.153. The van der Waals surface area contributed by atoms with E-state index >= 15 is 0 Å². The molecule has 3 aliphatic rings. The second kappa shape index (κ2) is 15.2. The Hall–Kier alpha value is -6.70. The van der Waals surface area contributed by atoms with E-state index in [1.165, 1.54) is 111 Å². The maximum atomic E-state index is 2.54. The van der Waals surface area contributed by atoms with Crippen LogP contribution in [0, 0.1) is 0 Å². The van der Waals surface area contributed by atoms with Crippen LogP contribution in [0.1, 0.15) is 81.7 Å². The Morgan fingerprint density at radius 3 is 1.98 bits per heavy atom. The molecule has 0 saturated heterocycles. The number of para-hydroxylation sites is 1. The molecule has 6 aromatic carbocycles. The van der Waals surface area contributed by atoms with Gasteiger partial charge in [-0.15, -0.1) is 0 Å². The van der Waals surface area contributed by atoms with Crippen LogP contribution in [0.15, 0.2) is 204 Å². The third kappa shape index (κ3) is 5.75. The second-order valence-electron chi connectivity index (χ2n) is 16.5. The smallest absolute Gasteiger partial charge is 0.0751 e. The molecule has 1 nitrogen and oxygen atoms in total. The van der Waals surface area contributed by atoms with E-state index < -0.39 is 5.41 Å². The van der Waals surface area contributed by atoms with Crippen LogP contribution in [0.4, 0.5) is 0 Å². The predicted molar refractivity (Wildman–Crippen MR) is 258 cm³/mol. The van der Waals surface area contributed by atoms with Crippen LogP contribution in [0.5, 0.6) is 0 Å². The first-order valence-electron chi connectivity index (χ1n) is 21.7. The Morgan fingerprint density at radius 2 is 1.32 bits per heavy atom. The summed E-state index contributed by atoms with van der Waals surface area (Å²) in [5.74, 6) is 0. The van der Waals surface area contributed by atoms with Crippen LogP contribution in [0.25, 0.3) is 60.9 Å². The first-order chi connectivity index (χ1) is 29.5. The highest BCUT2D eigenvalue weighted by Gasteiger charge is 2.52. The zero-order chi connectivity index (χ0) is 41.0. The molecule has 0 unspecified atom stereocenters. The van der Waals surface area contributed by atoms with Gasteiger partial charge in [-0.25, -0.2) is 0 Å². The topological polar surface area (TPSA) is 4.93 Å². The molecule has 0 N–H and O–H groups in total. The summed E-state index contributed by atoms with van der Waals surface area (Å²) in [6.45, 7) is 11.2. The van der Waals surface area contributed by atoms with Gasteiger partial charge in [-0.05, 0) is 149 Å². The molecule has 0 saturated carbocycles. The van der Waals surface area contributed by atoms with Crippen molar-refractivity contribution in [1.29, 1.82) is 0 Å². The van der Waals surface area contributed by atoms with Gasteiger partial charge >= 0.3 is 0 Å². The van der Waals surface area contributed by atoms with E-state index in [-0.39, 0.29) is 0 Å². The predicted octanol–water partition coefficient (Wildman–Crippen LogP) is 16.1. The van der Waals surface area contributed by atoms with E-state index in [1.54, 1.807) is 0 Å². The van der Waals surface area contributed by atoms with E-state index in [1.807, 2.05) is 0 Å². The Labute approximate surface area is 355 Å². The molecule has 1 aliphatic heterocycles. The minimum Gasteiger partial charge on any atom is -0.309 e. The lowest BCUT2D eigenvalue weighted by atomic mass is 9.64. The lowest BCUT2D eigenvalue weighted by molar-refractivity contribution is 0.749. The average Bonchev–Trinajstić information content (AvgIpc) is 3.80. The molecule has 1 aromatic heterocycles. The third-order valence-electron chi connectivity index (χ3n) is 13.4. The molecule has 0 bridgehead atoms. The van der Waals surface area contributed by atoms with Crippen LogP contribution in [-0.4, -0.2) is 4.57 Å². The molecule has 60 heavy (non-hydrogen) atoms. The number of hydrogen-bond acceptors (Lipinski definition) is 0. The Kier molecular flexibility index (Phi) is 9.49. The van der Waals surface area contributed by atoms with Gasteiger partial charge in [0.2, 0.25) is 0 Å². The van der Waals surface area contributed by atoms with Crippen molar-refractivity contribution in [2.45, 2.75) is 59.3 Å². The van der Waals surface area contributed by atoms with Crippen LogP contribution < -0.4 is 0 Å². The second-order valence-corrected chi connectivity index (χ2v) is 16.5. The summed E-state index contributed by atoms with van der Waals surface area (Å²) in [5, 5.41) is 2.57. The fourth-order valence-corrected chi connectivity index (χ4v) is 10.4. The van der Waals surface area contributed by atoms with Gasteiger partial charge in [-0.3, -0.25) is 0 Å². The summed E-state index contributed by atoms with van der Waals surface area (Å²) in [6, 6.07) is 52.4. The van der Waals surface area contributed by atoms with Crippen molar-refractivity contribution >= 4 is 38.6 Å². The minimum absolute atomic E-state index is 0.468. The molecular weight excluding hydrogens is 723 g/mol. The lowest BCUT2D eigenvalue weighted by Gasteiger charge is -2.41. The summed E-state index contributed by atoms with van der Waals surface area (Å²) in [5.41, 5.74) is 22.8. The first-order valence-corrected chi connectivity index (χ1v) is 21.7. The van der Waals surface area contributed by atoms with Crippen molar-refractivity contribution in [2.24, 2.45) is 0 Å². The van der Waals surface area contributed by atoms with Gasteiger partial charge in [0.1, 0.15) is 0 Å². The zero-order valence-corrected chi connectivity index (χ0v) is 35.4. The molecule has 292 valence electrons. The normalized spacial score (nSPS) is 17.4. The Balaban J connectivity index is 1.18. The van der Waals surface area contributed by atoms with Crippen LogP contribution in [0.2, 0.25) is 0 Å². The van der Waals surface area contributed by atoms with Crippen molar-refractivity contribution in [3.05, 3.63) is 232 Å². The van der Waals surface area contributed by atoms with E-state index in [9.17, 15) is 0 Å². The number of benzene rings is 6. The minimum atomic E-state index is -0.468. The molecule has 2 heterocycles. The molecule has 0 radical (unpaired) electrons. The molecular formula is C59H51N. The number of aromatic nitrogens is 1. The number of fused-ring (bicyclic) bond motifs is 9. The molecule has 2 aliphatic carbocycles. The number of rotatable bonds is 7. The van der Waals surface area contributed by atoms with E-state index in [0.29, 0.717) is 0 Å². The highest BCUT2D eigenvalue weighted by Crippen LogP contribution is 2.62. The average molecular weight is 774 g/mol. The molecule has 0 fully saturated rings. The summed E-state index contributed by atoms with van der Waals surface area (Å²) < 4.78 is 2.54. The maximum absolute atomic E-state index is 2.54. The Bertz CT molecular complexity index is 3030. The molecule has 1 heteroatoms. The van der Waals surface area contributed by atoms with E-state index in [0.717, 1.165) is 19.3 Å². The summed E-state index contributed by atoms with van der Waals surface area (Å²) in [4.78, 5) is 0. The monoisotopic (exact) mass is 773 g/mol. The van der Waals surface area contributed by atoms with Crippen LogP contribution in [0.3, 0.4) is 0 Å². The van der Waals surface area contributed by atoms with Gasteiger partial charge < -0.3 is 4.57 Å². The summed E-state index contributed by atoms with van der Waals surface area (Å²) in [7, 11) is 0. The van der Waals surface area contributed by atoms with Crippen molar-refractivity contribution < 1.29 is 0 Å². The van der Waals surface area contributed by atoms with Crippen LogP contribution in [-0.2, 0) is 5.41 Å². The molecule has 0 atom stereocenters. The number of nitrogens with zero attached hydrogens (tertiary/aromatic N) is 1. The lowest BCUT2D eigenvalue weighted by Crippen LogP contribution is -2.35. The van der Waals surface area contributed by atoms with Gasteiger partial charge in [-0.1, -0.05) is 170 Å². The fourth-order valence-electron chi connectivity index (χ4n) is 10.4.